The summed E-state index contributed by atoms with van der Waals surface area (Å²) in [5, 5.41) is 13.8. The summed E-state index contributed by atoms with van der Waals surface area (Å²) in [6, 6.07) is 14.6. The van der Waals surface area contributed by atoms with Gasteiger partial charge in [-0.25, -0.2) is 4.98 Å². The van der Waals surface area contributed by atoms with Crippen molar-refractivity contribution in [3.05, 3.63) is 64.9 Å². The molecule has 1 heterocycles. The lowest BCUT2D eigenvalue weighted by Gasteiger charge is -2.11. The van der Waals surface area contributed by atoms with E-state index in [1.807, 2.05) is 30.3 Å². The van der Waals surface area contributed by atoms with Crippen molar-refractivity contribution in [2.45, 2.75) is 13.5 Å². The van der Waals surface area contributed by atoms with Crippen LogP contribution in [0.2, 0.25) is 5.15 Å². The predicted octanol–water partition coefficient (Wildman–Crippen LogP) is 3.47. The lowest BCUT2D eigenvalue weighted by atomic mass is 10.1. The number of pyridine rings is 1. The zero-order chi connectivity index (χ0) is 20.8. The Kier molecular flexibility index (Phi) is 6.51. The van der Waals surface area contributed by atoms with Crippen LogP contribution in [0.15, 0.2) is 48.5 Å². The summed E-state index contributed by atoms with van der Waals surface area (Å²) in [7, 11) is 0. The molecule has 0 saturated heterocycles. The Labute approximate surface area is 172 Å². The van der Waals surface area contributed by atoms with Gasteiger partial charge in [0.1, 0.15) is 24.1 Å². The average molecular weight is 415 g/mol. The molecule has 1 amide bonds. The molecular formula is C21H19ClN2O5. The van der Waals surface area contributed by atoms with Gasteiger partial charge in [-0.2, -0.15) is 0 Å². The minimum atomic E-state index is -0.741. The monoisotopic (exact) mass is 414 g/mol. The number of halogens is 1. The summed E-state index contributed by atoms with van der Waals surface area (Å²) in [5.74, 6) is -1.19. The summed E-state index contributed by atoms with van der Waals surface area (Å²) in [6.07, 6.45) is 0. The van der Waals surface area contributed by atoms with Crippen molar-refractivity contribution >= 4 is 34.2 Å². The number of nitrogens with one attached hydrogen (secondary N) is 1. The average Bonchev–Trinajstić information content (AvgIpc) is 2.74. The van der Waals surface area contributed by atoms with Gasteiger partial charge in [0.25, 0.3) is 5.91 Å². The number of nitrogens with zero attached hydrogens (tertiary/aromatic N) is 1. The molecular weight excluding hydrogens is 396 g/mol. The summed E-state index contributed by atoms with van der Waals surface area (Å²) in [6.45, 7) is 1.86. The molecule has 0 aliphatic heterocycles. The Hall–Kier alpha value is -3.32. The van der Waals surface area contributed by atoms with E-state index in [-0.39, 0.29) is 29.7 Å². The molecule has 0 radical (unpaired) electrons. The third kappa shape index (κ3) is 4.94. The zero-order valence-electron chi connectivity index (χ0n) is 15.6. The number of benzene rings is 2. The summed E-state index contributed by atoms with van der Waals surface area (Å²) < 4.78 is 10.5. The SMILES string of the molecule is CCOC(=O)CNC(=O)c1nc(Cl)c2ccc(OCc3ccccc3)cc2c1O. The lowest BCUT2D eigenvalue weighted by Crippen LogP contribution is -2.31. The van der Waals surface area contributed by atoms with E-state index in [1.54, 1.807) is 25.1 Å². The highest BCUT2D eigenvalue weighted by atomic mass is 35.5. The van der Waals surface area contributed by atoms with Crippen LogP contribution in [-0.2, 0) is 16.1 Å². The van der Waals surface area contributed by atoms with Crippen LogP contribution in [0.4, 0.5) is 0 Å². The number of amides is 1. The van der Waals surface area contributed by atoms with Crippen molar-refractivity contribution in [1.82, 2.24) is 10.3 Å². The number of hydrogen-bond acceptors (Lipinski definition) is 6. The van der Waals surface area contributed by atoms with Gasteiger partial charge in [0.15, 0.2) is 11.4 Å². The molecule has 0 aliphatic carbocycles. The second-order valence-corrected chi connectivity index (χ2v) is 6.43. The van der Waals surface area contributed by atoms with Gasteiger partial charge < -0.3 is 19.9 Å². The Morgan fingerprint density at radius 2 is 1.90 bits per heavy atom. The molecule has 2 N–H and O–H groups in total. The fourth-order valence-electron chi connectivity index (χ4n) is 2.68. The normalized spacial score (nSPS) is 10.6. The van der Waals surface area contributed by atoms with Crippen molar-refractivity contribution < 1.29 is 24.2 Å². The molecule has 0 unspecified atom stereocenters. The first-order valence-corrected chi connectivity index (χ1v) is 9.30. The van der Waals surface area contributed by atoms with Crippen LogP contribution < -0.4 is 10.1 Å². The van der Waals surface area contributed by atoms with Crippen molar-refractivity contribution in [3.8, 4) is 11.5 Å². The molecule has 0 saturated carbocycles. The highest BCUT2D eigenvalue weighted by Gasteiger charge is 2.20. The maximum Gasteiger partial charge on any atom is 0.325 e. The summed E-state index contributed by atoms with van der Waals surface area (Å²) in [4.78, 5) is 27.7. The smallest absolute Gasteiger partial charge is 0.325 e. The topological polar surface area (TPSA) is 97.8 Å². The van der Waals surface area contributed by atoms with Crippen molar-refractivity contribution in [2.75, 3.05) is 13.2 Å². The zero-order valence-corrected chi connectivity index (χ0v) is 16.4. The number of rotatable bonds is 7. The second kappa shape index (κ2) is 9.25. The summed E-state index contributed by atoms with van der Waals surface area (Å²) in [5.41, 5.74) is 0.704. The van der Waals surface area contributed by atoms with Gasteiger partial charge in [0.2, 0.25) is 0 Å². The first kappa shape index (κ1) is 20.4. The molecule has 0 fully saturated rings. The Bertz CT molecular complexity index is 1040. The van der Waals surface area contributed by atoms with Gasteiger partial charge in [-0.1, -0.05) is 41.9 Å². The van der Waals surface area contributed by atoms with Gasteiger partial charge >= 0.3 is 5.97 Å². The van der Waals surface area contributed by atoms with Gasteiger partial charge in [-0.3, -0.25) is 9.59 Å². The predicted molar refractivity (Wildman–Crippen MR) is 108 cm³/mol. The maximum absolute atomic E-state index is 12.3. The molecule has 3 rings (SSSR count). The highest BCUT2D eigenvalue weighted by molar-refractivity contribution is 6.35. The molecule has 29 heavy (non-hydrogen) atoms. The molecule has 1 aromatic heterocycles. The van der Waals surface area contributed by atoms with Gasteiger partial charge in [0, 0.05) is 10.8 Å². The first-order chi connectivity index (χ1) is 14.0. The molecule has 0 bridgehead atoms. The van der Waals surface area contributed by atoms with E-state index >= 15 is 0 Å². The maximum atomic E-state index is 12.3. The number of carbonyl (C=O) groups excluding carboxylic acids is 2. The fraction of sp³-hybridized carbons (Fsp3) is 0.190. The number of aromatic hydroxyl groups is 1. The number of aromatic nitrogens is 1. The van der Waals surface area contributed by atoms with E-state index in [9.17, 15) is 14.7 Å². The van der Waals surface area contributed by atoms with Gasteiger partial charge in [-0.05, 0) is 30.7 Å². The standard InChI is InChI=1S/C21H19ClN2O5/c1-2-28-17(25)11-23-21(27)18-19(26)16-10-14(8-9-15(16)20(22)24-18)29-12-13-6-4-3-5-7-13/h3-10,26H,2,11-12H2,1H3,(H,23,27). The second-order valence-electron chi connectivity index (χ2n) is 6.07. The molecule has 0 aliphatic rings. The highest BCUT2D eigenvalue weighted by Crippen LogP contribution is 2.34. The van der Waals surface area contributed by atoms with Gasteiger partial charge in [0.05, 0.1) is 6.61 Å². The molecule has 8 heteroatoms. The van der Waals surface area contributed by atoms with Crippen LogP contribution >= 0.6 is 11.6 Å². The van der Waals surface area contributed by atoms with Crippen LogP contribution in [0.3, 0.4) is 0 Å². The molecule has 150 valence electrons. The molecule has 3 aromatic rings. The third-order valence-corrected chi connectivity index (χ3v) is 4.35. The first-order valence-electron chi connectivity index (χ1n) is 8.92. The van der Waals surface area contributed by atoms with E-state index < -0.39 is 11.9 Å². The van der Waals surface area contributed by atoms with E-state index in [4.69, 9.17) is 21.1 Å². The van der Waals surface area contributed by atoms with Crippen LogP contribution in [0.1, 0.15) is 23.0 Å². The Balaban J connectivity index is 1.83. The number of esters is 1. The molecule has 2 aromatic carbocycles. The largest absolute Gasteiger partial charge is 0.505 e. The van der Waals surface area contributed by atoms with E-state index in [0.29, 0.717) is 23.1 Å². The van der Waals surface area contributed by atoms with Gasteiger partial charge in [-0.15, -0.1) is 0 Å². The minimum absolute atomic E-state index is 0.0497. The number of fused-ring (bicyclic) bond motifs is 1. The quantitative estimate of drug-likeness (QED) is 0.454. The van der Waals surface area contributed by atoms with Crippen LogP contribution in [0, 0.1) is 0 Å². The van der Waals surface area contributed by atoms with Crippen LogP contribution in [-0.4, -0.2) is 35.1 Å². The summed E-state index contributed by atoms with van der Waals surface area (Å²) >= 11 is 6.18. The van der Waals surface area contributed by atoms with E-state index in [2.05, 4.69) is 10.3 Å². The molecule has 0 spiro atoms. The Morgan fingerprint density at radius 3 is 2.62 bits per heavy atom. The number of hydrogen-bond donors (Lipinski definition) is 2. The molecule has 0 atom stereocenters. The molecule has 7 nitrogen and oxygen atoms in total. The van der Waals surface area contributed by atoms with E-state index in [1.165, 1.54) is 0 Å². The number of carbonyl (C=O) groups is 2. The minimum Gasteiger partial charge on any atom is -0.505 e. The fourth-order valence-corrected chi connectivity index (χ4v) is 2.92. The van der Waals surface area contributed by atoms with Crippen molar-refractivity contribution in [2.24, 2.45) is 0 Å². The van der Waals surface area contributed by atoms with Crippen molar-refractivity contribution in [1.29, 1.82) is 0 Å². The van der Waals surface area contributed by atoms with Crippen LogP contribution in [0.25, 0.3) is 10.8 Å². The third-order valence-electron chi connectivity index (χ3n) is 4.06. The lowest BCUT2D eigenvalue weighted by molar-refractivity contribution is -0.141. The Morgan fingerprint density at radius 1 is 1.14 bits per heavy atom. The number of ether oxygens (including phenoxy) is 2. The van der Waals surface area contributed by atoms with Crippen LogP contribution in [0.5, 0.6) is 11.5 Å². The van der Waals surface area contributed by atoms with E-state index in [0.717, 1.165) is 5.56 Å². The van der Waals surface area contributed by atoms with Crippen molar-refractivity contribution in [3.63, 3.8) is 0 Å².